The third kappa shape index (κ3) is 6.24. The van der Waals surface area contributed by atoms with Crippen molar-refractivity contribution in [3.05, 3.63) is 71.2 Å². The molecule has 4 fully saturated rings. The van der Waals surface area contributed by atoms with Gasteiger partial charge in [-0.15, -0.1) is 0 Å². The Morgan fingerprint density at radius 2 is 1.73 bits per heavy atom. The molecule has 0 unspecified atom stereocenters. The lowest BCUT2D eigenvalue weighted by Gasteiger charge is -2.55. The second-order valence-electron chi connectivity index (χ2n) is 16.0. The average Bonchev–Trinajstić information content (AvgIpc) is 3.91. The lowest BCUT2D eigenvalue weighted by molar-refractivity contribution is -0.136. The number of pyridine rings is 1. The Hall–Kier alpha value is -5.86. The zero-order valence-corrected chi connectivity index (χ0v) is 31.1. The highest BCUT2D eigenvalue weighted by molar-refractivity contribution is 6.05. The van der Waals surface area contributed by atoms with Crippen molar-refractivity contribution in [2.45, 2.75) is 70.0 Å². The van der Waals surface area contributed by atoms with E-state index >= 15 is 0 Å². The molecule has 1 aliphatic carbocycles. The first-order valence-corrected chi connectivity index (χ1v) is 19.2. The van der Waals surface area contributed by atoms with Gasteiger partial charge in [0.25, 0.3) is 17.7 Å². The van der Waals surface area contributed by atoms with Crippen LogP contribution in [0.15, 0.2) is 48.8 Å². The molecule has 7 heterocycles. The van der Waals surface area contributed by atoms with Gasteiger partial charge in [-0.2, -0.15) is 4.98 Å². The molecule has 2 N–H and O–H groups in total. The van der Waals surface area contributed by atoms with E-state index in [1.54, 1.807) is 48.4 Å². The molecule has 5 amide bonds. The van der Waals surface area contributed by atoms with Crippen molar-refractivity contribution >= 4 is 58.0 Å². The quantitative estimate of drug-likeness (QED) is 0.265. The molecule has 4 aliphatic heterocycles. The number of nitrogens with zero attached hydrogens (tertiary/aromatic N) is 8. The Morgan fingerprint density at radius 3 is 2.44 bits per heavy atom. The Bertz CT molecular complexity index is 2230. The number of hydrogen-bond donors (Lipinski definition) is 2. The van der Waals surface area contributed by atoms with E-state index in [-0.39, 0.29) is 41.5 Å². The molecule has 4 aromatic rings. The molecule has 1 spiro atoms. The number of aromatic nitrogens is 4. The molecule has 3 aromatic heterocycles. The molecular weight excluding hydrogens is 701 g/mol. The number of anilines is 3. The summed E-state index contributed by atoms with van der Waals surface area (Å²) < 4.78 is 2.08. The molecule has 5 aliphatic rings. The van der Waals surface area contributed by atoms with Gasteiger partial charge < -0.3 is 29.5 Å². The largest absolute Gasteiger partial charge is 0.370 e. The summed E-state index contributed by atoms with van der Waals surface area (Å²) in [6.07, 6.45) is 9.97. The van der Waals surface area contributed by atoms with Crippen molar-refractivity contribution in [2.75, 3.05) is 50.5 Å². The van der Waals surface area contributed by atoms with Crippen LogP contribution in [0.3, 0.4) is 0 Å². The molecule has 9 rings (SSSR count). The maximum atomic E-state index is 13.5. The highest BCUT2D eigenvalue weighted by atomic mass is 16.2. The van der Waals surface area contributed by atoms with Crippen molar-refractivity contribution in [1.82, 2.24) is 39.5 Å². The number of nitrogens with one attached hydrogen (secondary N) is 2. The summed E-state index contributed by atoms with van der Waals surface area (Å²) in [7, 11) is 3.51. The second kappa shape index (κ2) is 13.5. The van der Waals surface area contributed by atoms with Crippen LogP contribution in [0.2, 0.25) is 0 Å². The van der Waals surface area contributed by atoms with Crippen LogP contribution in [0.1, 0.15) is 94.2 Å². The fraction of sp³-hybridized carbons (Fsp3) is 0.450. The first-order chi connectivity index (χ1) is 26.6. The van der Waals surface area contributed by atoms with E-state index in [1.807, 2.05) is 23.1 Å². The number of carbonyl (C=O) groups is 5. The molecule has 3 saturated heterocycles. The highest BCUT2D eigenvalue weighted by Crippen LogP contribution is 2.44. The normalized spacial score (nSPS) is 20.9. The Kier molecular flexibility index (Phi) is 8.54. The maximum Gasteiger partial charge on any atom is 0.270 e. The number of piperidine rings is 2. The summed E-state index contributed by atoms with van der Waals surface area (Å²) in [5.74, 6) is -0.0743. The monoisotopic (exact) mass is 744 g/mol. The van der Waals surface area contributed by atoms with Crippen molar-refractivity contribution in [3.8, 4) is 0 Å². The molecule has 1 aromatic carbocycles. The van der Waals surface area contributed by atoms with Crippen molar-refractivity contribution in [1.29, 1.82) is 0 Å². The average molecular weight is 745 g/mol. The summed E-state index contributed by atoms with van der Waals surface area (Å²) in [4.78, 5) is 85.0. The molecule has 15 heteroatoms. The number of likely N-dealkylation sites (tertiary alicyclic amines) is 1. The SMILES string of the molecule is CN(C)C(=O)c1cc2cnc(Nc3ccc(C(=O)N4CCC5(CC4)CN(c4ccc6c(c4)CN([C@@H]4CCC(=O)NC4=O)C6=O)C5)cn3)nc2n1C1CCCC1. The van der Waals surface area contributed by atoms with Crippen LogP contribution in [-0.2, 0) is 16.1 Å². The molecule has 0 bridgehead atoms. The van der Waals surface area contributed by atoms with Crippen LogP contribution in [-0.4, -0.2) is 110 Å². The summed E-state index contributed by atoms with van der Waals surface area (Å²) in [5, 5.41) is 6.36. The number of rotatable bonds is 7. The minimum Gasteiger partial charge on any atom is -0.370 e. The van der Waals surface area contributed by atoms with Crippen LogP contribution in [0, 0.1) is 5.41 Å². The predicted octanol–water partition coefficient (Wildman–Crippen LogP) is 3.89. The maximum absolute atomic E-state index is 13.5. The highest BCUT2D eigenvalue weighted by Gasteiger charge is 2.46. The van der Waals surface area contributed by atoms with Gasteiger partial charge in [0.1, 0.15) is 23.2 Å². The topological polar surface area (TPSA) is 166 Å². The van der Waals surface area contributed by atoms with E-state index in [0.717, 1.165) is 73.9 Å². The van der Waals surface area contributed by atoms with Crippen LogP contribution in [0.5, 0.6) is 0 Å². The predicted molar refractivity (Wildman–Crippen MR) is 203 cm³/mol. The third-order valence-corrected chi connectivity index (χ3v) is 12.2. The van der Waals surface area contributed by atoms with Gasteiger partial charge in [-0.25, -0.2) is 9.97 Å². The van der Waals surface area contributed by atoms with Gasteiger partial charge in [-0.05, 0) is 74.1 Å². The minimum absolute atomic E-state index is 0.0425. The molecule has 0 radical (unpaired) electrons. The Morgan fingerprint density at radius 1 is 0.945 bits per heavy atom. The number of benzene rings is 1. The van der Waals surface area contributed by atoms with E-state index in [4.69, 9.17) is 4.98 Å². The summed E-state index contributed by atoms with van der Waals surface area (Å²) in [5.41, 5.74) is 4.57. The van der Waals surface area contributed by atoms with Gasteiger partial charge in [0.2, 0.25) is 17.8 Å². The number of fused-ring (bicyclic) bond motifs is 2. The standard InChI is InChI=1S/C40H44N10O5/c1-46(2)38(55)31-18-25-20-42-39(45-34(25)50(31)27-5-3-4-6-27)43-32-11-7-24(19-41-32)36(53)47-15-13-40(14-16-47)22-48(23-40)28-8-9-29-26(17-28)21-49(37(29)54)30-10-12-33(51)44-35(30)52/h7-9,11,17-20,27,30H,3-6,10,12-16,21-23H2,1-2H3,(H,44,51,52)(H,41,42,43,45)/t30-/m1/s1. The molecule has 55 heavy (non-hydrogen) atoms. The number of imide groups is 1. The van der Waals surface area contributed by atoms with Gasteiger partial charge >= 0.3 is 0 Å². The van der Waals surface area contributed by atoms with Crippen LogP contribution in [0.25, 0.3) is 11.0 Å². The molecule has 15 nitrogen and oxygen atoms in total. The fourth-order valence-corrected chi connectivity index (χ4v) is 9.09. The Balaban J connectivity index is 0.802. The van der Waals surface area contributed by atoms with Gasteiger partial charge in [0, 0.05) is 93.7 Å². The second-order valence-corrected chi connectivity index (χ2v) is 16.0. The van der Waals surface area contributed by atoms with E-state index < -0.39 is 11.9 Å². The van der Waals surface area contributed by atoms with E-state index in [0.29, 0.717) is 54.6 Å². The van der Waals surface area contributed by atoms with Crippen molar-refractivity contribution in [2.24, 2.45) is 5.41 Å². The lowest BCUT2D eigenvalue weighted by atomic mass is 9.71. The van der Waals surface area contributed by atoms with E-state index in [1.165, 1.54) is 0 Å². The Labute approximate surface area is 318 Å². The minimum atomic E-state index is -0.626. The van der Waals surface area contributed by atoms with Gasteiger partial charge in [0.05, 0.1) is 5.56 Å². The van der Waals surface area contributed by atoms with E-state index in [9.17, 15) is 24.0 Å². The number of amides is 5. The van der Waals surface area contributed by atoms with Crippen LogP contribution in [0.4, 0.5) is 17.5 Å². The lowest BCUT2D eigenvalue weighted by Crippen LogP contribution is -2.61. The fourth-order valence-electron chi connectivity index (χ4n) is 9.09. The van der Waals surface area contributed by atoms with Crippen LogP contribution >= 0.6 is 0 Å². The zero-order chi connectivity index (χ0) is 38.0. The molecular formula is C40H44N10O5. The third-order valence-electron chi connectivity index (χ3n) is 12.2. The number of carbonyl (C=O) groups excluding carboxylic acids is 5. The van der Waals surface area contributed by atoms with Crippen molar-refractivity contribution < 1.29 is 24.0 Å². The molecule has 284 valence electrons. The molecule has 1 atom stereocenters. The molecule has 1 saturated carbocycles. The summed E-state index contributed by atoms with van der Waals surface area (Å²) >= 11 is 0. The summed E-state index contributed by atoms with van der Waals surface area (Å²) in [6.45, 7) is 3.45. The first-order valence-electron chi connectivity index (χ1n) is 19.2. The van der Waals surface area contributed by atoms with Gasteiger partial charge in [-0.1, -0.05) is 12.8 Å². The van der Waals surface area contributed by atoms with Crippen molar-refractivity contribution in [3.63, 3.8) is 0 Å². The van der Waals surface area contributed by atoms with E-state index in [2.05, 4.69) is 36.1 Å². The van der Waals surface area contributed by atoms with Crippen LogP contribution < -0.4 is 15.5 Å². The zero-order valence-electron chi connectivity index (χ0n) is 31.1. The first kappa shape index (κ1) is 34.9. The number of hydrogen-bond acceptors (Lipinski definition) is 10. The summed E-state index contributed by atoms with van der Waals surface area (Å²) in [6, 6.07) is 10.9. The van der Waals surface area contributed by atoms with Gasteiger partial charge in [-0.3, -0.25) is 29.3 Å². The van der Waals surface area contributed by atoms with Gasteiger partial charge in [0.15, 0.2) is 0 Å². The smallest absolute Gasteiger partial charge is 0.270 e.